The smallest absolute Gasteiger partial charge is 0.410 e. The molecule has 0 unspecified atom stereocenters. The van der Waals surface area contributed by atoms with Crippen molar-refractivity contribution in [1.29, 1.82) is 0 Å². The van der Waals surface area contributed by atoms with E-state index in [9.17, 15) is 4.79 Å². The third kappa shape index (κ3) is 4.97. The Bertz CT molecular complexity index is 1140. The highest BCUT2D eigenvalue weighted by molar-refractivity contribution is 5.74. The highest BCUT2D eigenvalue weighted by atomic mass is 16.6. The molecule has 1 aliphatic carbocycles. The second-order valence-corrected chi connectivity index (χ2v) is 10.1. The highest BCUT2D eigenvalue weighted by Gasteiger charge is 2.32. The van der Waals surface area contributed by atoms with Gasteiger partial charge in [-0.3, -0.25) is 4.68 Å². The third-order valence-electron chi connectivity index (χ3n) is 6.50. The normalized spacial score (nSPS) is 15.8. The lowest BCUT2D eigenvalue weighted by Gasteiger charge is -2.37. The number of carbonyl (C=O) groups excluding carboxylic acids is 1. The number of hydrogen-bond acceptors (Lipinski definition) is 3. The molecule has 5 heteroatoms. The van der Waals surface area contributed by atoms with Gasteiger partial charge in [0.2, 0.25) is 0 Å². The molecule has 3 aromatic rings. The third-order valence-corrected chi connectivity index (χ3v) is 6.50. The van der Waals surface area contributed by atoms with Crippen molar-refractivity contribution < 1.29 is 9.53 Å². The van der Waals surface area contributed by atoms with Crippen LogP contribution >= 0.6 is 0 Å². The molecule has 5 nitrogen and oxygen atoms in total. The maximum absolute atomic E-state index is 13.2. The van der Waals surface area contributed by atoms with Crippen molar-refractivity contribution in [1.82, 2.24) is 14.7 Å². The zero-order chi connectivity index (χ0) is 23.8. The Hall–Kier alpha value is -3.08. The van der Waals surface area contributed by atoms with Crippen molar-refractivity contribution in [2.75, 3.05) is 0 Å². The molecule has 1 atom stereocenters. The zero-order valence-corrected chi connectivity index (χ0v) is 20.7. The first-order chi connectivity index (χ1) is 15.6. The van der Waals surface area contributed by atoms with Crippen molar-refractivity contribution in [2.24, 2.45) is 7.05 Å². The summed E-state index contributed by atoms with van der Waals surface area (Å²) in [6.07, 6.45) is 2.43. The van der Waals surface area contributed by atoms with Gasteiger partial charge in [0, 0.05) is 30.9 Å². The highest BCUT2D eigenvalue weighted by Crippen LogP contribution is 2.36. The minimum absolute atomic E-state index is 0.0962. The molecule has 1 aromatic heterocycles. The largest absolute Gasteiger partial charge is 0.444 e. The standard InChI is InChI=1S/C28H35N3O2/c1-19-26(20(2)30(6)29-19)25-14-10-13-22-17-23(15-16-24(22)25)31(27(32)33-28(3,4)5)18-21-11-8-7-9-12-21/h7-14,23H,15-18H2,1-6H3/t23-/m0/s1. The molecule has 1 aliphatic rings. The first kappa shape index (κ1) is 23.1. The van der Waals surface area contributed by atoms with Crippen LogP contribution < -0.4 is 0 Å². The van der Waals surface area contributed by atoms with Crippen LogP contribution in [0.15, 0.2) is 48.5 Å². The molecule has 174 valence electrons. The summed E-state index contributed by atoms with van der Waals surface area (Å²) in [5.41, 5.74) is 8.05. The fraction of sp³-hybridized carbons (Fsp3) is 0.429. The molecule has 33 heavy (non-hydrogen) atoms. The molecule has 0 saturated carbocycles. The lowest BCUT2D eigenvalue weighted by Crippen LogP contribution is -2.45. The molecule has 0 bridgehead atoms. The molecule has 0 radical (unpaired) electrons. The number of hydrogen-bond donors (Lipinski definition) is 0. The van der Waals surface area contributed by atoms with E-state index in [0.29, 0.717) is 6.54 Å². The molecule has 0 spiro atoms. The summed E-state index contributed by atoms with van der Waals surface area (Å²) in [6, 6.07) is 16.8. The average molecular weight is 446 g/mol. The van der Waals surface area contributed by atoms with E-state index in [-0.39, 0.29) is 12.1 Å². The molecule has 1 amide bonds. The fourth-order valence-electron chi connectivity index (χ4n) is 4.90. The average Bonchev–Trinajstić information content (AvgIpc) is 3.02. The van der Waals surface area contributed by atoms with E-state index in [4.69, 9.17) is 4.74 Å². The molecular formula is C28H35N3O2. The summed E-state index contributed by atoms with van der Waals surface area (Å²) < 4.78 is 7.77. The van der Waals surface area contributed by atoms with Crippen LogP contribution in [0.2, 0.25) is 0 Å². The Morgan fingerprint density at radius 1 is 1.12 bits per heavy atom. The summed E-state index contributed by atoms with van der Waals surface area (Å²) in [5.74, 6) is 0. The number of rotatable bonds is 4. The van der Waals surface area contributed by atoms with Gasteiger partial charge in [0.05, 0.1) is 5.69 Å². The van der Waals surface area contributed by atoms with Gasteiger partial charge in [-0.25, -0.2) is 4.79 Å². The summed E-state index contributed by atoms with van der Waals surface area (Å²) in [7, 11) is 2.00. The lowest BCUT2D eigenvalue weighted by atomic mass is 9.82. The van der Waals surface area contributed by atoms with E-state index in [0.717, 1.165) is 30.5 Å². The maximum atomic E-state index is 13.2. The fourth-order valence-corrected chi connectivity index (χ4v) is 4.90. The number of benzene rings is 2. The summed E-state index contributed by atoms with van der Waals surface area (Å²) in [4.78, 5) is 15.2. The Morgan fingerprint density at radius 2 is 1.85 bits per heavy atom. The van der Waals surface area contributed by atoms with Crippen LogP contribution in [-0.2, 0) is 31.2 Å². The Morgan fingerprint density at radius 3 is 2.48 bits per heavy atom. The lowest BCUT2D eigenvalue weighted by molar-refractivity contribution is 0.0124. The molecule has 0 N–H and O–H groups in total. The molecule has 0 aliphatic heterocycles. The predicted octanol–water partition coefficient (Wildman–Crippen LogP) is 6.00. The monoisotopic (exact) mass is 445 g/mol. The van der Waals surface area contributed by atoms with Crippen molar-refractivity contribution in [3.8, 4) is 11.1 Å². The Labute approximate surface area is 197 Å². The second-order valence-electron chi connectivity index (χ2n) is 10.1. The van der Waals surface area contributed by atoms with Crippen molar-refractivity contribution in [3.63, 3.8) is 0 Å². The zero-order valence-electron chi connectivity index (χ0n) is 20.7. The second kappa shape index (κ2) is 9.05. The van der Waals surface area contributed by atoms with E-state index in [1.54, 1.807) is 0 Å². The van der Waals surface area contributed by atoms with Crippen LogP contribution in [0.5, 0.6) is 0 Å². The van der Waals surface area contributed by atoms with E-state index in [2.05, 4.69) is 49.3 Å². The molecule has 0 fully saturated rings. The number of amides is 1. The summed E-state index contributed by atoms with van der Waals surface area (Å²) >= 11 is 0. The van der Waals surface area contributed by atoms with Gasteiger partial charge in [-0.05, 0) is 76.1 Å². The SMILES string of the molecule is Cc1nn(C)c(C)c1-c1cccc2c1CC[C@H](N(Cc1ccccc1)C(=O)OC(C)(C)C)C2. The van der Waals surface area contributed by atoms with Gasteiger partial charge < -0.3 is 9.64 Å². The van der Waals surface area contributed by atoms with Gasteiger partial charge in [0.1, 0.15) is 5.60 Å². The van der Waals surface area contributed by atoms with Crippen LogP contribution in [0.1, 0.15) is 55.3 Å². The van der Waals surface area contributed by atoms with Crippen LogP contribution in [0.25, 0.3) is 11.1 Å². The molecule has 0 saturated heterocycles. The van der Waals surface area contributed by atoms with E-state index in [1.165, 1.54) is 27.9 Å². The topological polar surface area (TPSA) is 47.4 Å². The van der Waals surface area contributed by atoms with Gasteiger partial charge in [-0.2, -0.15) is 5.10 Å². The maximum Gasteiger partial charge on any atom is 0.410 e. The summed E-state index contributed by atoms with van der Waals surface area (Å²) in [6.45, 7) is 10.5. The van der Waals surface area contributed by atoms with Gasteiger partial charge in [-0.15, -0.1) is 0 Å². The number of aryl methyl sites for hydroxylation is 2. The number of fused-ring (bicyclic) bond motifs is 1. The minimum Gasteiger partial charge on any atom is -0.444 e. The van der Waals surface area contributed by atoms with Crippen molar-refractivity contribution in [3.05, 3.63) is 76.6 Å². The van der Waals surface area contributed by atoms with E-state index < -0.39 is 5.60 Å². The number of ether oxygens (including phenoxy) is 1. The van der Waals surface area contributed by atoms with E-state index in [1.807, 2.05) is 55.6 Å². The first-order valence-corrected chi connectivity index (χ1v) is 11.8. The van der Waals surface area contributed by atoms with Crippen LogP contribution in [0.3, 0.4) is 0 Å². The summed E-state index contributed by atoms with van der Waals surface area (Å²) in [5, 5.41) is 4.63. The quantitative estimate of drug-likeness (QED) is 0.495. The van der Waals surface area contributed by atoms with Crippen molar-refractivity contribution in [2.45, 2.75) is 72.1 Å². The van der Waals surface area contributed by atoms with E-state index >= 15 is 0 Å². The molecule has 2 aromatic carbocycles. The van der Waals surface area contributed by atoms with Crippen LogP contribution in [-0.4, -0.2) is 32.4 Å². The minimum atomic E-state index is -0.527. The Balaban J connectivity index is 1.65. The molecule has 1 heterocycles. The van der Waals surface area contributed by atoms with Gasteiger partial charge in [0.25, 0.3) is 0 Å². The number of carbonyl (C=O) groups is 1. The van der Waals surface area contributed by atoms with Gasteiger partial charge in [-0.1, -0.05) is 48.5 Å². The first-order valence-electron chi connectivity index (χ1n) is 11.8. The van der Waals surface area contributed by atoms with Crippen LogP contribution in [0, 0.1) is 13.8 Å². The Kier molecular flexibility index (Phi) is 6.33. The molecular weight excluding hydrogens is 410 g/mol. The van der Waals surface area contributed by atoms with Gasteiger partial charge >= 0.3 is 6.09 Å². The number of nitrogens with zero attached hydrogens (tertiary/aromatic N) is 3. The van der Waals surface area contributed by atoms with Crippen molar-refractivity contribution >= 4 is 6.09 Å². The number of aromatic nitrogens is 2. The van der Waals surface area contributed by atoms with Crippen LogP contribution in [0.4, 0.5) is 4.79 Å². The predicted molar refractivity (Wildman–Crippen MR) is 132 cm³/mol. The molecule has 4 rings (SSSR count). The van der Waals surface area contributed by atoms with Gasteiger partial charge in [0.15, 0.2) is 0 Å².